The molecule has 1 aliphatic carbocycles. The Kier molecular flexibility index (Phi) is 4.85. The van der Waals surface area contributed by atoms with Gasteiger partial charge in [-0.25, -0.2) is 4.68 Å². The molecule has 1 aliphatic heterocycles. The van der Waals surface area contributed by atoms with Gasteiger partial charge in [-0.3, -0.25) is 14.4 Å². The van der Waals surface area contributed by atoms with Crippen LogP contribution >= 0.6 is 11.8 Å². The van der Waals surface area contributed by atoms with Gasteiger partial charge < -0.3 is 10.2 Å². The maximum atomic E-state index is 12.8. The molecule has 2 aliphatic rings. The second-order valence-electron chi connectivity index (χ2n) is 6.73. The quantitative estimate of drug-likeness (QED) is 0.816. The summed E-state index contributed by atoms with van der Waals surface area (Å²) in [5.41, 5.74) is -0.964. The van der Waals surface area contributed by atoms with Crippen LogP contribution in [-0.2, 0) is 22.3 Å². The van der Waals surface area contributed by atoms with E-state index in [9.17, 15) is 27.6 Å². The number of anilines is 2. The van der Waals surface area contributed by atoms with Crippen LogP contribution < -0.4 is 15.8 Å². The Balaban J connectivity index is 1.52. The highest BCUT2D eigenvalue weighted by molar-refractivity contribution is 8.00. The number of halogens is 3. The molecule has 0 unspecified atom stereocenters. The zero-order valence-corrected chi connectivity index (χ0v) is 15.7. The summed E-state index contributed by atoms with van der Waals surface area (Å²) in [5, 5.41) is 6.43. The Bertz CT molecular complexity index is 1030. The zero-order chi connectivity index (χ0) is 20.8. The minimum atomic E-state index is -4.47. The van der Waals surface area contributed by atoms with Gasteiger partial charge in [0.2, 0.25) is 11.8 Å². The van der Waals surface area contributed by atoms with Crippen molar-refractivity contribution in [3.63, 3.8) is 0 Å². The van der Waals surface area contributed by atoms with Crippen LogP contribution in [0.15, 0.2) is 40.2 Å². The Morgan fingerprint density at radius 3 is 2.52 bits per heavy atom. The van der Waals surface area contributed by atoms with Gasteiger partial charge in [0, 0.05) is 11.7 Å². The molecule has 7 nitrogen and oxygen atoms in total. The number of nitrogens with zero attached hydrogens (tertiary/aromatic N) is 3. The number of aromatic nitrogens is 2. The van der Waals surface area contributed by atoms with Gasteiger partial charge >= 0.3 is 6.18 Å². The van der Waals surface area contributed by atoms with E-state index >= 15 is 0 Å². The summed E-state index contributed by atoms with van der Waals surface area (Å²) >= 11 is 1.23. The number of thioether (sulfide) groups is 1. The van der Waals surface area contributed by atoms with Crippen molar-refractivity contribution < 1.29 is 22.8 Å². The van der Waals surface area contributed by atoms with Gasteiger partial charge in [-0.05, 0) is 37.1 Å². The van der Waals surface area contributed by atoms with Gasteiger partial charge in [-0.2, -0.15) is 18.3 Å². The zero-order valence-electron chi connectivity index (χ0n) is 14.9. The smallest absolute Gasteiger partial charge is 0.324 e. The summed E-state index contributed by atoms with van der Waals surface area (Å²) < 4.78 is 38.8. The first-order chi connectivity index (χ1) is 13.7. The third-order valence-corrected chi connectivity index (χ3v) is 5.55. The van der Waals surface area contributed by atoms with Gasteiger partial charge in [0.1, 0.15) is 12.2 Å². The maximum Gasteiger partial charge on any atom is 0.416 e. The highest BCUT2D eigenvalue weighted by Gasteiger charge is 2.39. The largest absolute Gasteiger partial charge is 0.416 e. The lowest BCUT2D eigenvalue weighted by Crippen LogP contribution is -2.43. The molecule has 2 heterocycles. The van der Waals surface area contributed by atoms with Crippen LogP contribution in [0.4, 0.5) is 24.5 Å². The summed E-state index contributed by atoms with van der Waals surface area (Å²) in [4.78, 5) is 39.4. The molecule has 2 aromatic rings. The first-order valence-corrected chi connectivity index (χ1v) is 9.74. The molecule has 2 amide bonds. The van der Waals surface area contributed by atoms with Crippen molar-refractivity contribution in [1.82, 2.24) is 9.78 Å². The number of amides is 2. The van der Waals surface area contributed by atoms with Crippen molar-refractivity contribution in [3.8, 4) is 0 Å². The summed E-state index contributed by atoms with van der Waals surface area (Å²) in [6.45, 7) is -0.426. The van der Waals surface area contributed by atoms with E-state index in [2.05, 4.69) is 10.4 Å². The second kappa shape index (κ2) is 7.21. The molecule has 0 radical (unpaired) electrons. The van der Waals surface area contributed by atoms with Crippen molar-refractivity contribution in [2.24, 2.45) is 0 Å². The van der Waals surface area contributed by atoms with E-state index in [1.165, 1.54) is 22.9 Å². The summed E-state index contributed by atoms with van der Waals surface area (Å²) in [5.74, 6) is -0.524. The van der Waals surface area contributed by atoms with Crippen LogP contribution in [0.2, 0.25) is 0 Å². The summed E-state index contributed by atoms with van der Waals surface area (Å²) in [7, 11) is 0. The molecule has 11 heteroatoms. The summed E-state index contributed by atoms with van der Waals surface area (Å²) in [6, 6.07) is 3.98. The van der Waals surface area contributed by atoms with Crippen LogP contribution in [-0.4, -0.2) is 33.4 Å². The lowest BCUT2D eigenvalue weighted by Gasteiger charge is -2.28. The Morgan fingerprint density at radius 2 is 1.90 bits per heavy atom. The molecule has 1 saturated carbocycles. The molecule has 1 fully saturated rings. The van der Waals surface area contributed by atoms with E-state index in [-0.39, 0.29) is 29.1 Å². The third kappa shape index (κ3) is 4.00. The predicted octanol–water partition coefficient (Wildman–Crippen LogP) is 2.50. The van der Waals surface area contributed by atoms with Crippen LogP contribution in [0, 0.1) is 0 Å². The molecule has 1 N–H and O–H groups in total. The molecule has 0 spiro atoms. The van der Waals surface area contributed by atoms with Crippen molar-refractivity contribution >= 4 is 35.0 Å². The lowest BCUT2D eigenvalue weighted by atomic mass is 10.2. The van der Waals surface area contributed by atoms with Gasteiger partial charge in [-0.15, -0.1) is 11.8 Å². The fourth-order valence-corrected chi connectivity index (χ4v) is 3.90. The number of hydrogen-bond donors (Lipinski definition) is 1. The van der Waals surface area contributed by atoms with Crippen molar-refractivity contribution in [1.29, 1.82) is 0 Å². The Labute approximate surface area is 166 Å². The lowest BCUT2D eigenvalue weighted by molar-refractivity contribution is -0.137. The first-order valence-electron chi connectivity index (χ1n) is 8.76. The van der Waals surface area contributed by atoms with Gasteiger partial charge in [0.15, 0.2) is 0 Å². The van der Waals surface area contributed by atoms with E-state index in [0.717, 1.165) is 41.8 Å². The monoisotopic (exact) mass is 424 g/mol. The topological polar surface area (TPSA) is 84.3 Å². The van der Waals surface area contributed by atoms with E-state index in [1.54, 1.807) is 0 Å². The molecule has 152 valence electrons. The van der Waals surface area contributed by atoms with E-state index in [0.29, 0.717) is 4.90 Å². The molecular formula is C18H15F3N4O3S. The normalized spacial score (nSPS) is 16.5. The SMILES string of the molecule is O=C(Cn1ncc2c(c1=O)N(C1CC1)C(=O)CS2)Nc1ccc(C(F)(F)F)cc1. The average Bonchev–Trinajstić information content (AvgIpc) is 3.49. The number of alkyl halides is 3. The molecule has 0 saturated heterocycles. The Morgan fingerprint density at radius 1 is 1.21 bits per heavy atom. The van der Waals surface area contributed by atoms with E-state index in [4.69, 9.17) is 0 Å². The first kappa shape index (κ1) is 19.5. The average molecular weight is 424 g/mol. The highest BCUT2D eigenvalue weighted by atomic mass is 32.2. The molecular weight excluding hydrogens is 409 g/mol. The summed E-state index contributed by atoms with van der Waals surface area (Å²) in [6.07, 6.45) is -1.36. The third-order valence-electron chi connectivity index (χ3n) is 4.55. The van der Waals surface area contributed by atoms with E-state index in [1.807, 2.05) is 0 Å². The Hall–Kier alpha value is -2.82. The van der Waals surface area contributed by atoms with E-state index < -0.39 is 29.8 Å². The number of carbonyl (C=O) groups excluding carboxylic acids is 2. The molecule has 4 rings (SSSR count). The van der Waals surface area contributed by atoms with Crippen LogP contribution in [0.5, 0.6) is 0 Å². The molecule has 1 aromatic heterocycles. The van der Waals surface area contributed by atoms with Crippen LogP contribution in [0.1, 0.15) is 18.4 Å². The number of benzene rings is 1. The van der Waals surface area contributed by atoms with Gasteiger partial charge in [0.05, 0.1) is 22.4 Å². The number of carbonyl (C=O) groups is 2. The fraction of sp³-hybridized carbons (Fsp3) is 0.333. The highest BCUT2D eigenvalue weighted by Crippen LogP contribution is 2.39. The van der Waals surface area contributed by atoms with Crippen molar-refractivity contribution in [2.75, 3.05) is 16.0 Å². The van der Waals surface area contributed by atoms with Gasteiger partial charge in [-0.1, -0.05) is 0 Å². The number of hydrogen-bond acceptors (Lipinski definition) is 5. The minimum absolute atomic E-state index is 0.00618. The van der Waals surface area contributed by atoms with Crippen LogP contribution in [0.25, 0.3) is 0 Å². The number of rotatable bonds is 4. The molecule has 0 bridgehead atoms. The maximum absolute atomic E-state index is 12.8. The van der Waals surface area contributed by atoms with Crippen molar-refractivity contribution in [3.05, 3.63) is 46.4 Å². The second-order valence-corrected chi connectivity index (χ2v) is 7.74. The van der Waals surface area contributed by atoms with Gasteiger partial charge in [0.25, 0.3) is 5.56 Å². The number of fused-ring (bicyclic) bond motifs is 1. The molecule has 1 aromatic carbocycles. The molecule has 0 atom stereocenters. The molecule has 29 heavy (non-hydrogen) atoms. The predicted molar refractivity (Wildman–Crippen MR) is 99.8 cm³/mol. The standard InChI is InChI=1S/C18H15F3N4O3S/c19-18(20,21)10-1-3-11(4-2-10)23-14(26)8-24-17(28)16-13(7-22-24)29-9-15(27)25(16)12-5-6-12/h1-4,7,12H,5-6,8-9H2,(H,23,26). The number of nitrogens with one attached hydrogen (secondary N) is 1. The fourth-order valence-electron chi connectivity index (χ4n) is 3.04. The minimum Gasteiger partial charge on any atom is -0.324 e. The van der Waals surface area contributed by atoms with Crippen molar-refractivity contribution in [2.45, 2.75) is 36.5 Å². The van der Waals surface area contributed by atoms with Crippen LogP contribution in [0.3, 0.4) is 0 Å².